The Balaban J connectivity index is 3.02. The number of nitrogens with two attached hydrogens (primary N) is 1. The Morgan fingerprint density at radius 2 is 1.67 bits per heavy atom. The second-order valence-electron chi connectivity index (χ2n) is 10.2. The van der Waals surface area contributed by atoms with Gasteiger partial charge in [0.25, 0.3) is 0 Å². The molecule has 2 amide bonds. The Kier molecular flexibility index (Phi) is 11.3. The van der Waals surface area contributed by atoms with Crippen LogP contribution in [-0.4, -0.2) is 66.3 Å². The Morgan fingerprint density at radius 1 is 1.06 bits per heavy atom. The lowest BCUT2D eigenvalue weighted by molar-refractivity contribution is -0.144. The second kappa shape index (κ2) is 13.2. The minimum Gasteiger partial charge on any atom is -0.469 e. The van der Waals surface area contributed by atoms with Crippen molar-refractivity contribution in [1.82, 2.24) is 10.2 Å². The molecule has 0 heterocycles. The lowest BCUT2D eigenvalue weighted by Crippen LogP contribution is -2.45. The number of hydrogen-bond donors (Lipinski definition) is 2. The van der Waals surface area contributed by atoms with Crippen LogP contribution < -0.4 is 11.1 Å². The standard InChI is InChI=1S/C25H38FN3O7/c1-24(2,3)35-22(32)16-9-10-18(26)17(13-16)15-29(21(31)19(27)14-20(30)34-7)12-8-11-28-23(33)36-25(4,5)6/h9-10,13,19H,8,11-12,14-15,27H2,1-7H3,(H,28,33)/t19-/m1/s1. The van der Waals surface area contributed by atoms with Crippen LogP contribution in [0.2, 0.25) is 0 Å². The molecule has 0 aliphatic rings. The van der Waals surface area contributed by atoms with Gasteiger partial charge in [0.1, 0.15) is 17.0 Å². The number of amides is 2. The van der Waals surface area contributed by atoms with Gasteiger partial charge >= 0.3 is 18.0 Å². The summed E-state index contributed by atoms with van der Waals surface area (Å²) >= 11 is 0. The van der Waals surface area contributed by atoms with Crippen LogP contribution in [0.4, 0.5) is 9.18 Å². The first-order valence-corrected chi connectivity index (χ1v) is 11.6. The summed E-state index contributed by atoms with van der Waals surface area (Å²) < 4.78 is 29.7. The average molecular weight is 512 g/mol. The summed E-state index contributed by atoms with van der Waals surface area (Å²) in [6.45, 7) is 10.4. The molecule has 0 unspecified atom stereocenters. The number of rotatable bonds is 10. The van der Waals surface area contributed by atoms with E-state index >= 15 is 0 Å². The number of carbonyl (C=O) groups is 4. The Bertz CT molecular complexity index is 939. The van der Waals surface area contributed by atoms with Gasteiger partial charge in [0.05, 0.1) is 25.1 Å². The Hall–Kier alpha value is -3.21. The maximum Gasteiger partial charge on any atom is 0.407 e. The fourth-order valence-corrected chi connectivity index (χ4v) is 2.99. The minimum absolute atomic E-state index is 0.0667. The number of nitrogens with zero attached hydrogens (tertiary/aromatic N) is 1. The summed E-state index contributed by atoms with van der Waals surface area (Å²) in [5, 5.41) is 2.59. The van der Waals surface area contributed by atoms with E-state index in [-0.39, 0.29) is 37.2 Å². The highest BCUT2D eigenvalue weighted by atomic mass is 19.1. The maximum absolute atomic E-state index is 14.6. The third-order valence-electron chi connectivity index (χ3n) is 4.56. The molecular weight excluding hydrogens is 473 g/mol. The van der Waals surface area contributed by atoms with E-state index in [0.717, 1.165) is 6.07 Å². The van der Waals surface area contributed by atoms with Crippen molar-refractivity contribution in [1.29, 1.82) is 0 Å². The molecule has 0 saturated heterocycles. The van der Waals surface area contributed by atoms with Crippen LogP contribution in [0.5, 0.6) is 0 Å². The van der Waals surface area contributed by atoms with Crippen LogP contribution in [0, 0.1) is 5.82 Å². The zero-order valence-electron chi connectivity index (χ0n) is 22.1. The lowest BCUT2D eigenvalue weighted by Gasteiger charge is -2.26. The predicted molar refractivity (Wildman–Crippen MR) is 130 cm³/mol. The first-order chi connectivity index (χ1) is 16.5. The van der Waals surface area contributed by atoms with Gasteiger partial charge in [0.15, 0.2) is 0 Å². The van der Waals surface area contributed by atoms with E-state index in [1.54, 1.807) is 41.5 Å². The summed E-state index contributed by atoms with van der Waals surface area (Å²) in [5.41, 5.74) is 4.69. The van der Waals surface area contributed by atoms with E-state index in [9.17, 15) is 23.6 Å². The molecule has 36 heavy (non-hydrogen) atoms. The van der Waals surface area contributed by atoms with Gasteiger partial charge in [-0.1, -0.05) is 0 Å². The van der Waals surface area contributed by atoms with Crippen LogP contribution in [0.3, 0.4) is 0 Å². The number of carbonyl (C=O) groups excluding carboxylic acids is 4. The van der Waals surface area contributed by atoms with Crippen LogP contribution in [0.1, 0.15) is 70.3 Å². The van der Waals surface area contributed by atoms with Crippen LogP contribution in [0.25, 0.3) is 0 Å². The molecule has 1 atom stereocenters. The van der Waals surface area contributed by atoms with Gasteiger partial charge in [0.2, 0.25) is 5.91 Å². The normalized spacial score (nSPS) is 12.4. The number of halogens is 1. The summed E-state index contributed by atoms with van der Waals surface area (Å²) in [4.78, 5) is 50.2. The van der Waals surface area contributed by atoms with Gasteiger partial charge in [-0.25, -0.2) is 14.0 Å². The smallest absolute Gasteiger partial charge is 0.407 e. The van der Waals surface area contributed by atoms with Gasteiger partial charge in [0, 0.05) is 25.2 Å². The SMILES string of the molecule is COC(=O)C[C@@H](N)C(=O)N(CCCNC(=O)OC(C)(C)C)Cc1cc(C(=O)OC(C)(C)C)ccc1F. The van der Waals surface area contributed by atoms with Gasteiger partial charge in [-0.3, -0.25) is 9.59 Å². The highest BCUT2D eigenvalue weighted by Gasteiger charge is 2.26. The van der Waals surface area contributed by atoms with Crippen LogP contribution >= 0.6 is 0 Å². The number of benzene rings is 1. The largest absolute Gasteiger partial charge is 0.469 e. The van der Waals surface area contributed by atoms with Crippen LogP contribution in [0.15, 0.2) is 18.2 Å². The van der Waals surface area contributed by atoms with Crippen molar-refractivity contribution < 1.29 is 37.8 Å². The monoisotopic (exact) mass is 511 g/mol. The quantitative estimate of drug-likeness (QED) is 0.278. The maximum atomic E-state index is 14.6. The average Bonchev–Trinajstić information content (AvgIpc) is 2.73. The molecule has 0 spiro atoms. The lowest BCUT2D eigenvalue weighted by atomic mass is 10.1. The molecule has 3 N–H and O–H groups in total. The van der Waals surface area contributed by atoms with E-state index in [4.69, 9.17) is 15.2 Å². The Morgan fingerprint density at radius 3 is 2.22 bits per heavy atom. The second-order valence-corrected chi connectivity index (χ2v) is 10.2. The van der Waals surface area contributed by atoms with E-state index in [0.29, 0.717) is 6.42 Å². The molecule has 10 nitrogen and oxygen atoms in total. The van der Waals surface area contributed by atoms with Gasteiger partial charge < -0.3 is 30.2 Å². The molecule has 0 fully saturated rings. The molecule has 0 aliphatic heterocycles. The molecule has 1 rings (SSSR count). The molecule has 0 bridgehead atoms. The summed E-state index contributed by atoms with van der Waals surface area (Å²) in [5.74, 6) is -2.54. The van der Waals surface area contributed by atoms with E-state index < -0.39 is 47.0 Å². The molecule has 0 aliphatic carbocycles. The third kappa shape index (κ3) is 11.5. The third-order valence-corrected chi connectivity index (χ3v) is 4.56. The fourth-order valence-electron chi connectivity index (χ4n) is 2.99. The molecule has 1 aromatic rings. The number of hydrogen-bond acceptors (Lipinski definition) is 8. The minimum atomic E-state index is -1.21. The summed E-state index contributed by atoms with van der Waals surface area (Å²) in [6.07, 6.45) is -0.676. The highest BCUT2D eigenvalue weighted by molar-refractivity contribution is 5.90. The molecule has 0 saturated carbocycles. The van der Waals surface area contributed by atoms with Crippen molar-refractivity contribution in [2.24, 2.45) is 5.73 Å². The fraction of sp³-hybridized carbons (Fsp3) is 0.600. The van der Waals surface area contributed by atoms with Crippen molar-refractivity contribution in [3.05, 3.63) is 35.1 Å². The number of nitrogens with one attached hydrogen (secondary N) is 1. The zero-order valence-corrected chi connectivity index (χ0v) is 22.1. The van der Waals surface area contributed by atoms with Gasteiger partial charge in [-0.05, 0) is 66.2 Å². The van der Waals surface area contributed by atoms with Crippen molar-refractivity contribution in [2.75, 3.05) is 20.2 Å². The predicted octanol–water partition coefficient (Wildman–Crippen LogP) is 2.91. The topological polar surface area (TPSA) is 137 Å². The molecular formula is C25H38FN3O7. The van der Waals surface area contributed by atoms with E-state index in [1.807, 2.05) is 0 Å². The molecule has 0 aromatic heterocycles. The van der Waals surface area contributed by atoms with Crippen molar-refractivity contribution in [3.8, 4) is 0 Å². The van der Waals surface area contributed by atoms with Crippen molar-refractivity contribution in [3.63, 3.8) is 0 Å². The van der Waals surface area contributed by atoms with E-state index in [2.05, 4.69) is 10.1 Å². The number of methoxy groups -OCH3 is 1. The first kappa shape index (κ1) is 30.8. The summed E-state index contributed by atoms with van der Waals surface area (Å²) in [7, 11) is 1.18. The van der Waals surface area contributed by atoms with E-state index in [1.165, 1.54) is 24.1 Å². The van der Waals surface area contributed by atoms with Gasteiger partial charge in [-0.15, -0.1) is 0 Å². The molecule has 0 radical (unpaired) electrons. The molecule has 1 aromatic carbocycles. The summed E-state index contributed by atoms with van der Waals surface area (Å²) in [6, 6.07) is 2.52. The Labute approximate surface area is 211 Å². The van der Waals surface area contributed by atoms with Crippen molar-refractivity contribution in [2.45, 2.75) is 78.2 Å². The zero-order chi connectivity index (χ0) is 27.7. The number of esters is 2. The number of alkyl carbamates (subject to hydrolysis) is 1. The highest BCUT2D eigenvalue weighted by Crippen LogP contribution is 2.18. The first-order valence-electron chi connectivity index (χ1n) is 11.6. The van der Waals surface area contributed by atoms with Crippen LogP contribution in [-0.2, 0) is 30.3 Å². The number of ether oxygens (including phenoxy) is 3. The van der Waals surface area contributed by atoms with Gasteiger partial charge in [-0.2, -0.15) is 0 Å². The van der Waals surface area contributed by atoms with Crippen molar-refractivity contribution >= 4 is 23.9 Å². The molecule has 11 heteroatoms. The molecule has 202 valence electrons.